The molecule has 1 saturated carbocycles. The Labute approximate surface area is 70.1 Å². The predicted molar refractivity (Wildman–Crippen MR) is 45.8 cm³/mol. The van der Waals surface area contributed by atoms with Gasteiger partial charge in [0.1, 0.15) is 5.52 Å². The lowest BCUT2D eigenvalue weighted by molar-refractivity contribution is 0.766. The molecule has 0 saturated heterocycles. The molecule has 60 valence electrons. The standard InChI is InChI=1S/C9H9N3/c1-2-7(1)12-6-3-8-9(12)11-5-4-10-8/h3-7H,1-2H2. The third-order valence-electron chi connectivity index (χ3n) is 2.28. The van der Waals surface area contributed by atoms with Crippen LogP contribution in [0.2, 0.25) is 0 Å². The normalized spacial score (nSPS) is 17.0. The molecule has 0 spiro atoms. The van der Waals surface area contributed by atoms with Gasteiger partial charge in [0, 0.05) is 24.6 Å². The van der Waals surface area contributed by atoms with E-state index in [-0.39, 0.29) is 0 Å². The van der Waals surface area contributed by atoms with Crippen LogP contribution in [-0.4, -0.2) is 14.5 Å². The molecule has 0 aromatic carbocycles. The Balaban J connectivity index is 2.30. The maximum absolute atomic E-state index is 4.30. The van der Waals surface area contributed by atoms with E-state index in [0.717, 1.165) is 11.2 Å². The quantitative estimate of drug-likeness (QED) is 0.634. The van der Waals surface area contributed by atoms with Gasteiger partial charge in [0.2, 0.25) is 0 Å². The van der Waals surface area contributed by atoms with Gasteiger partial charge < -0.3 is 4.57 Å². The summed E-state index contributed by atoms with van der Waals surface area (Å²) in [6.45, 7) is 0. The van der Waals surface area contributed by atoms with Crippen LogP contribution in [0.3, 0.4) is 0 Å². The fourth-order valence-corrected chi connectivity index (χ4v) is 1.53. The van der Waals surface area contributed by atoms with Crippen LogP contribution in [0, 0.1) is 0 Å². The number of fused-ring (bicyclic) bond motifs is 1. The van der Waals surface area contributed by atoms with Gasteiger partial charge in [-0.3, -0.25) is 4.98 Å². The first-order valence-corrected chi connectivity index (χ1v) is 4.23. The van der Waals surface area contributed by atoms with Crippen molar-refractivity contribution in [2.75, 3.05) is 0 Å². The lowest BCUT2D eigenvalue weighted by Crippen LogP contribution is -1.92. The van der Waals surface area contributed by atoms with Crippen LogP contribution >= 0.6 is 0 Å². The van der Waals surface area contributed by atoms with Crippen LogP contribution < -0.4 is 0 Å². The topological polar surface area (TPSA) is 30.7 Å². The van der Waals surface area contributed by atoms with Crippen molar-refractivity contribution >= 4 is 11.2 Å². The average Bonchev–Trinajstić information content (AvgIpc) is 2.86. The molecule has 0 unspecified atom stereocenters. The Morgan fingerprint density at radius 1 is 1.25 bits per heavy atom. The molecule has 1 fully saturated rings. The van der Waals surface area contributed by atoms with Crippen LogP contribution in [-0.2, 0) is 0 Å². The molecular formula is C9H9N3. The summed E-state index contributed by atoms with van der Waals surface area (Å²) in [5.74, 6) is 0. The van der Waals surface area contributed by atoms with E-state index in [9.17, 15) is 0 Å². The van der Waals surface area contributed by atoms with E-state index in [0.29, 0.717) is 6.04 Å². The summed E-state index contributed by atoms with van der Waals surface area (Å²) in [7, 11) is 0. The Kier molecular flexibility index (Phi) is 1.06. The molecule has 12 heavy (non-hydrogen) atoms. The second-order valence-corrected chi connectivity index (χ2v) is 3.22. The van der Waals surface area contributed by atoms with Gasteiger partial charge in [-0.15, -0.1) is 0 Å². The van der Waals surface area contributed by atoms with Gasteiger partial charge in [0.15, 0.2) is 5.65 Å². The lowest BCUT2D eigenvalue weighted by Gasteiger charge is -1.98. The van der Waals surface area contributed by atoms with E-state index in [2.05, 4.69) is 20.7 Å². The molecule has 1 aliphatic rings. The highest BCUT2D eigenvalue weighted by molar-refractivity contribution is 5.70. The number of aromatic nitrogens is 3. The van der Waals surface area contributed by atoms with Crippen molar-refractivity contribution in [3.05, 3.63) is 24.7 Å². The minimum absolute atomic E-state index is 0.694. The maximum Gasteiger partial charge on any atom is 0.158 e. The molecule has 2 aromatic rings. The molecule has 2 aromatic heterocycles. The van der Waals surface area contributed by atoms with E-state index in [1.54, 1.807) is 12.4 Å². The maximum atomic E-state index is 4.30. The van der Waals surface area contributed by atoms with Gasteiger partial charge in [-0.1, -0.05) is 0 Å². The lowest BCUT2D eigenvalue weighted by atomic mass is 10.5. The first-order chi connectivity index (χ1) is 5.95. The van der Waals surface area contributed by atoms with Gasteiger partial charge in [-0.25, -0.2) is 4.98 Å². The van der Waals surface area contributed by atoms with Crippen LogP contribution in [0.1, 0.15) is 18.9 Å². The zero-order valence-corrected chi connectivity index (χ0v) is 6.64. The molecule has 3 rings (SSSR count). The van der Waals surface area contributed by atoms with E-state index < -0.39 is 0 Å². The van der Waals surface area contributed by atoms with Crippen LogP contribution in [0.15, 0.2) is 24.7 Å². The highest BCUT2D eigenvalue weighted by Gasteiger charge is 2.24. The summed E-state index contributed by atoms with van der Waals surface area (Å²) in [6, 6.07) is 2.72. The molecular weight excluding hydrogens is 150 g/mol. The van der Waals surface area contributed by atoms with Gasteiger partial charge in [0.25, 0.3) is 0 Å². The molecule has 1 aliphatic carbocycles. The van der Waals surface area contributed by atoms with E-state index in [4.69, 9.17) is 0 Å². The van der Waals surface area contributed by atoms with Crippen LogP contribution in [0.4, 0.5) is 0 Å². The van der Waals surface area contributed by atoms with Gasteiger partial charge in [0.05, 0.1) is 0 Å². The number of hydrogen-bond acceptors (Lipinski definition) is 2. The van der Waals surface area contributed by atoms with Crippen molar-refractivity contribution in [2.45, 2.75) is 18.9 Å². The van der Waals surface area contributed by atoms with E-state index in [1.807, 2.05) is 6.07 Å². The zero-order valence-electron chi connectivity index (χ0n) is 6.64. The fraction of sp³-hybridized carbons (Fsp3) is 0.333. The van der Waals surface area contributed by atoms with Crippen molar-refractivity contribution in [2.24, 2.45) is 0 Å². The molecule has 0 atom stereocenters. The summed E-state index contributed by atoms with van der Waals surface area (Å²) in [5, 5.41) is 0. The summed E-state index contributed by atoms with van der Waals surface area (Å²) in [6.07, 6.45) is 8.16. The molecule has 2 heterocycles. The Morgan fingerprint density at radius 3 is 2.92 bits per heavy atom. The van der Waals surface area contributed by atoms with E-state index >= 15 is 0 Å². The highest BCUT2D eigenvalue weighted by atomic mass is 15.1. The van der Waals surface area contributed by atoms with E-state index in [1.165, 1.54) is 12.8 Å². The van der Waals surface area contributed by atoms with Crippen molar-refractivity contribution in [3.63, 3.8) is 0 Å². The van der Waals surface area contributed by atoms with Crippen molar-refractivity contribution in [3.8, 4) is 0 Å². The third-order valence-corrected chi connectivity index (χ3v) is 2.28. The second kappa shape index (κ2) is 2.06. The summed E-state index contributed by atoms with van der Waals surface area (Å²) < 4.78 is 2.22. The van der Waals surface area contributed by atoms with Crippen molar-refractivity contribution in [1.29, 1.82) is 0 Å². The predicted octanol–water partition coefficient (Wildman–Crippen LogP) is 1.77. The summed E-state index contributed by atoms with van der Waals surface area (Å²) in [4.78, 5) is 8.53. The molecule has 3 nitrogen and oxygen atoms in total. The van der Waals surface area contributed by atoms with Crippen LogP contribution in [0.5, 0.6) is 0 Å². The molecule has 3 heteroatoms. The smallest absolute Gasteiger partial charge is 0.158 e. The van der Waals surface area contributed by atoms with Gasteiger partial charge >= 0.3 is 0 Å². The number of rotatable bonds is 1. The van der Waals surface area contributed by atoms with Crippen LogP contribution in [0.25, 0.3) is 11.2 Å². The molecule has 0 N–H and O–H groups in total. The Hall–Kier alpha value is -1.38. The molecule has 0 amide bonds. The first kappa shape index (κ1) is 6.17. The number of hydrogen-bond donors (Lipinski definition) is 0. The summed E-state index contributed by atoms with van der Waals surface area (Å²) >= 11 is 0. The van der Waals surface area contributed by atoms with Gasteiger partial charge in [-0.05, 0) is 18.9 Å². The Morgan fingerprint density at radius 2 is 2.08 bits per heavy atom. The molecule has 0 bridgehead atoms. The fourth-order valence-electron chi connectivity index (χ4n) is 1.53. The molecule has 0 radical (unpaired) electrons. The first-order valence-electron chi connectivity index (χ1n) is 4.23. The second-order valence-electron chi connectivity index (χ2n) is 3.22. The SMILES string of the molecule is c1cnc2c(ccn2C2CC2)n1. The van der Waals surface area contributed by atoms with Crippen molar-refractivity contribution in [1.82, 2.24) is 14.5 Å². The van der Waals surface area contributed by atoms with Crippen molar-refractivity contribution < 1.29 is 0 Å². The zero-order chi connectivity index (χ0) is 7.97. The number of nitrogens with zero attached hydrogens (tertiary/aromatic N) is 3. The summed E-state index contributed by atoms with van der Waals surface area (Å²) in [5.41, 5.74) is 2.03. The van der Waals surface area contributed by atoms with Gasteiger partial charge in [-0.2, -0.15) is 0 Å². The third kappa shape index (κ3) is 0.763. The minimum atomic E-state index is 0.694. The largest absolute Gasteiger partial charge is 0.328 e. The Bertz CT molecular complexity index is 414. The average molecular weight is 159 g/mol. The minimum Gasteiger partial charge on any atom is -0.328 e. The highest BCUT2D eigenvalue weighted by Crippen LogP contribution is 2.36. The molecule has 0 aliphatic heterocycles. The monoisotopic (exact) mass is 159 g/mol.